The summed E-state index contributed by atoms with van der Waals surface area (Å²) in [5, 5.41) is 29.2. The summed E-state index contributed by atoms with van der Waals surface area (Å²) < 4.78 is 27.1. The molecule has 340 valence electrons. The highest BCUT2D eigenvalue weighted by molar-refractivity contribution is 7.26. The predicted octanol–water partition coefficient (Wildman–Crippen LogP) is 6.30. The van der Waals surface area contributed by atoms with Gasteiger partial charge in [0.15, 0.2) is 46.8 Å². The Hall–Kier alpha value is -4.18. The van der Waals surface area contributed by atoms with Gasteiger partial charge in [-0.1, -0.05) is 12.1 Å². The van der Waals surface area contributed by atoms with Gasteiger partial charge in [0.25, 0.3) is 0 Å². The number of carbonyl (C=O) groups excluding carboxylic acids is 4. The molecule has 2 aromatic heterocycles. The van der Waals surface area contributed by atoms with Crippen LogP contribution < -0.4 is 18.9 Å². The monoisotopic (exact) mass is 918 g/mol. The summed E-state index contributed by atoms with van der Waals surface area (Å²) in [5.74, 6) is 1.71. The number of thiophene rings is 2. The maximum Gasteiger partial charge on any atom is 0.315 e. The lowest BCUT2D eigenvalue weighted by Crippen LogP contribution is -2.76. The van der Waals surface area contributed by atoms with E-state index in [1.54, 1.807) is 12.1 Å². The number of benzene rings is 2. The number of esters is 2. The van der Waals surface area contributed by atoms with Gasteiger partial charge in [-0.25, -0.2) is 0 Å². The van der Waals surface area contributed by atoms with Crippen LogP contribution in [0.4, 0.5) is 0 Å². The van der Waals surface area contributed by atoms with E-state index in [1.807, 2.05) is 29.8 Å². The molecule has 4 aromatic rings. The standard InChI is InChI=1S/C51H54N2O10S2/c1-26-3-9-35(42-40(26)48-15-17-52(22-28-4-5-28)27(2)50(48,58)13-11-33(54)46(48)62-42)60-38(56)20-31-24-64-45-32(25-65-44(31)45)21-39(57)61-36-10-8-30-19-37-51(59)14-12-34(55)47-49(51,41(30)43(36)63-47)16-18-53(37)23-29-6-7-29/h3,8-10,24-25,27-29,37,46-47,58-59H,4-7,11-23H2,1-2H3/t27-,37-,46+,47+,48+,49+,50-,51-/m1/s1. The first kappa shape index (κ1) is 41.0. The van der Waals surface area contributed by atoms with Crippen LogP contribution in [0, 0.1) is 18.8 Å². The molecule has 4 aliphatic heterocycles. The van der Waals surface area contributed by atoms with E-state index in [9.17, 15) is 29.4 Å². The normalized spacial score (nSPS) is 34.3. The van der Waals surface area contributed by atoms with Crippen molar-refractivity contribution in [3.63, 3.8) is 0 Å². The molecule has 2 aromatic carbocycles. The molecule has 2 N–H and O–H groups in total. The summed E-state index contributed by atoms with van der Waals surface area (Å²) >= 11 is 2.93. The van der Waals surface area contributed by atoms with Gasteiger partial charge in [-0.15, -0.1) is 22.7 Å². The number of fused-ring (bicyclic) bond motifs is 2. The van der Waals surface area contributed by atoms with Crippen LogP contribution in [0.3, 0.4) is 0 Å². The van der Waals surface area contributed by atoms with Crippen molar-refractivity contribution < 1.29 is 48.3 Å². The summed E-state index contributed by atoms with van der Waals surface area (Å²) in [6, 6.07) is 7.17. The van der Waals surface area contributed by atoms with Gasteiger partial charge in [0, 0.05) is 58.5 Å². The molecule has 6 fully saturated rings. The average molecular weight is 919 g/mol. The van der Waals surface area contributed by atoms with Crippen molar-refractivity contribution in [1.82, 2.24) is 9.80 Å². The van der Waals surface area contributed by atoms with E-state index in [0.29, 0.717) is 55.4 Å². The summed E-state index contributed by atoms with van der Waals surface area (Å²) in [6.07, 6.45) is 6.38. The van der Waals surface area contributed by atoms with Crippen LogP contribution >= 0.6 is 22.7 Å². The Bertz CT molecular complexity index is 2760. The van der Waals surface area contributed by atoms with Crippen molar-refractivity contribution >= 4 is 55.6 Å². The zero-order valence-corrected chi connectivity index (χ0v) is 38.5. The van der Waals surface area contributed by atoms with Gasteiger partial charge < -0.3 is 29.2 Å². The molecule has 6 heterocycles. The number of carbonyl (C=O) groups is 4. The van der Waals surface area contributed by atoms with Crippen molar-refractivity contribution in [2.24, 2.45) is 11.8 Å². The number of ketones is 2. The van der Waals surface area contributed by atoms with Gasteiger partial charge in [0.2, 0.25) is 0 Å². The van der Waals surface area contributed by atoms with E-state index < -0.39 is 46.2 Å². The van der Waals surface area contributed by atoms with Crippen LogP contribution in [-0.2, 0) is 49.3 Å². The highest BCUT2D eigenvalue weighted by Gasteiger charge is 2.74. The zero-order chi connectivity index (χ0) is 44.4. The zero-order valence-electron chi connectivity index (χ0n) is 36.8. The van der Waals surface area contributed by atoms with Crippen molar-refractivity contribution in [3.05, 3.63) is 68.4 Å². The van der Waals surface area contributed by atoms with E-state index in [2.05, 4.69) is 16.7 Å². The van der Waals surface area contributed by atoms with E-state index in [4.69, 9.17) is 18.9 Å². The first-order valence-electron chi connectivity index (χ1n) is 23.8. The number of hydrogen-bond acceptors (Lipinski definition) is 14. The third kappa shape index (κ3) is 5.67. The number of ether oxygens (including phenoxy) is 4. The smallest absolute Gasteiger partial charge is 0.315 e. The SMILES string of the molecule is Cc1ccc(OC(=O)Cc2csc3c(CC(=O)Oc4ccc5c6c4O[C@H]4C(=O)CC[C@@]7(O)[C@@H](C5)N(CC5CC5)CC[C@]647)csc23)c2c1[C@]13CCN(CC4CC4)[C@H](C)[C@]1(O)CCC(=O)[C@@H]3O2. The molecular weight excluding hydrogens is 865 g/mol. The molecule has 4 saturated carbocycles. The third-order valence-electron chi connectivity index (χ3n) is 17.6. The lowest BCUT2D eigenvalue weighted by atomic mass is 9.49. The summed E-state index contributed by atoms with van der Waals surface area (Å²) in [5.41, 5.74) is 1.12. The van der Waals surface area contributed by atoms with Crippen LogP contribution in [0.15, 0.2) is 35.0 Å². The highest BCUT2D eigenvalue weighted by atomic mass is 32.1. The van der Waals surface area contributed by atoms with E-state index in [0.717, 1.165) is 69.0 Å². The molecule has 2 spiro atoms. The molecule has 8 atom stereocenters. The van der Waals surface area contributed by atoms with E-state index >= 15 is 0 Å². The van der Waals surface area contributed by atoms with Gasteiger partial charge in [0.05, 0.1) is 34.9 Å². The maximum atomic E-state index is 13.8. The topological polar surface area (TPSA) is 152 Å². The third-order valence-corrected chi connectivity index (χ3v) is 19.9. The van der Waals surface area contributed by atoms with Crippen LogP contribution in [0.5, 0.6) is 23.0 Å². The van der Waals surface area contributed by atoms with Crippen molar-refractivity contribution in [1.29, 1.82) is 0 Å². The quantitative estimate of drug-likeness (QED) is 0.136. The van der Waals surface area contributed by atoms with Gasteiger partial charge in [0.1, 0.15) is 0 Å². The largest absolute Gasteiger partial charge is 0.477 e. The Morgan fingerprint density at radius 2 is 1.25 bits per heavy atom. The second kappa shape index (κ2) is 14.2. The second-order valence-electron chi connectivity index (χ2n) is 21.0. The Balaban J connectivity index is 0.727. The molecule has 12 nitrogen and oxygen atoms in total. The molecule has 65 heavy (non-hydrogen) atoms. The Morgan fingerprint density at radius 1 is 0.723 bits per heavy atom. The number of aliphatic hydroxyl groups is 2. The number of Topliss-reactive ketones (excluding diaryl/α,β-unsaturated/α-hetero) is 2. The molecule has 9 aliphatic rings. The molecule has 0 amide bonds. The summed E-state index contributed by atoms with van der Waals surface area (Å²) in [6.45, 7) is 7.55. The fourth-order valence-electron chi connectivity index (χ4n) is 14.1. The first-order chi connectivity index (χ1) is 31.3. The predicted molar refractivity (Wildman–Crippen MR) is 241 cm³/mol. The number of likely N-dealkylation sites (tertiary alicyclic amines) is 2. The lowest BCUT2D eigenvalue weighted by molar-refractivity contribution is -0.188. The number of nitrogens with zero attached hydrogens (tertiary/aromatic N) is 2. The summed E-state index contributed by atoms with van der Waals surface area (Å²) in [4.78, 5) is 59.7. The van der Waals surface area contributed by atoms with Crippen LogP contribution in [0.25, 0.3) is 9.40 Å². The van der Waals surface area contributed by atoms with E-state index in [1.165, 1.54) is 48.4 Å². The Labute approximate surface area is 385 Å². The van der Waals surface area contributed by atoms with Gasteiger partial charge in [-0.05, 0) is 142 Å². The Kier molecular flexibility index (Phi) is 8.95. The molecule has 0 unspecified atom stereocenters. The maximum absolute atomic E-state index is 13.8. The number of aryl methyl sites for hydroxylation is 1. The van der Waals surface area contributed by atoms with Crippen molar-refractivity contribution in [2.75, 3.05) is 26.2 Å². The fraction of sp³-hybridized carbons (Fsp3) is 0.569. The molecule has 2 saturated heterocycles. The van der Waals surface area contributed by atoms with Crippen molar-refractivity contribution in [3.8, 4) is 23.0 Å². The summed E-state index contributed by atoms with van der Waals surface area (Å²) in [7, 11) is 0. The molecule has 14 heteroatoms. The molecule has 5 aliphatic carbocycles. The molecule has 2 bridgehead atoms. The van der Waals surface area contributed by atoms with Crippen LogP contribution in [0.1, 0.15) is 105 Å². The fourth-order valence-corrected chi connectivity index (χ4v) is 16.5. The van der Waals surface area contributed by atoms with Crippen molar-refractivity contribution in [2.45, 2.75) is 144 Å². The number of hydrogen-bond donors (Lipinski definition) is 2. The van der Waals surface area contributed by atoms with Crippen LogP contribution in [-0.4, -0.2) is 105 Å². The van der Waals surface area contributed by atoms with Gasteiger partial charge in [-0.2, -0.15) is 0 Å². The minimum absolute atomic E-state index is 0.00390. The first-order valence-corrected chi connectivity index (χ1v) is 25.6. The number of piperidine rings is 2. The number of rotatable bonds is 10. The minimum Gasteiger partial charge on any atom is -0.477 e. The van der Waals surface area contributed by atoms with Gasteiger partial charge >= 0.3 is 11.9 Å². The Morgan fingerprint density at radius 3 is 1.85 bits per heavy atom. The minimum atomic E-state index is -1.18. The molecule has 13 rings (SSSR count). The van der Waals surface area contributed by atoms with E-state index in [-0.39, 0.29) is 60.8 Å². The second-order valence-corrected chi connectivity index (χ2v) is 22.7. The molecular formula is C51H54N2O10S2. The lowest BCUT2D eigenvalue weighted by Gasteiger charge is -2.62. The molecule has 0 radical (unpaired) electrons. The van der Waals surface area contributed by atoms with Crippen LogP contribution in [0.2, 0.25) is 0 Å². The highest BCUT2D eigenvalue weighted by Crippen LogP contribution is 2.66. The average Bonchev–Trinajstić information content (AvgIpc) is 4.12. The van der Waals surface area contributed by atoms with Gasteiger partial charge in [-0.3, -0.25) is 29.0 Å².